The van der Waals surface area contributed by atoms with Gasteiger partial charge in [-0.1, -0.05) is 49.4 Å². The predicted octanol–water partition coefficient (Wildman–Crippen LogP) is 8.29. The third kappa shape index (κ3) is 9.58. The molecule has 0 radical (unpaired) electrons. The van der Waals surface area contributed by atoms with Crippen molar-refractivity contribution in [1.82, 2.24) is 0 Å². The lowest BCUT2D eigenvalue weighted by Gasteiger charge is -2.32. The van der Waals surface area contributed by atoms with Gasteiger partial charge in [0.25, 0.3) is 0 Å². The maximum Gasteiger partial charge on any atom is 0.161 e. The number of hydrogen-bond acceptors (Lipinski definition) is 10. The fourth-order valence-electron chi connectivity index (χ4n) is 8.77. The van der Waals surface area contributed by atoms with Crippen LogP contribution in [0.3, 0.4) is 0 Å². The minimum Gasteiger partial charge on any atom is -0.508 e. The molecule has 0 aromatic heterocycles. The maximum absolute atomic E-state index is 10.6. The number of aliphatic hydroxyl groups is 4. The number of ether oxygens (including phenoxy) is 3. The number of aryl methyl sites for hydroxylation is 1. The molecule has 4 aromatic carbocycles. The summed E-state index contributed by atoms with van der Waals surface area (Å²) in [6, 6.07) is 23.5. The first kappa shape index (κ1) is 40.4. The zero-order valence-electron chi connectivity index (χ0n) is 32.9. The van der Waals surface area contributed by atoms with Crippen molar-refractivity contribution in [2.45, 2.75) is 110 Å². The van der Waals surface area contributed by atoms with Gasteiger partial charge in [-0.3, -0.25) is 0 Å². The van der Waals surface area contributed by atoms with E-state index in [0.717, 1.165) is 54.2 Å². The molecule has 3 fully saturated rings. The molecular weight excluding hydrogens is 757 g/mol. The number of hydrogen-bond donors (Lipinski definition) is 5. The molecule has 2 saturated heterocycles. The topological polar surface area (TPSA) is 129 Å². The molecule has 5 N–H and O–H groups in total. The number of fused-ring (bicyclic) bond motifs is 2. The van der Waals surface area contributed by atoms with Gasteiger partial charge in [0.05, 0.1) is 32.0 Å². The Morgan fingerprint density at radius 2 is 1.26 bits per heavy atom. The van der Waals surface area contributed by atoms with Crippen molar-refractivity contribution in [2.75, 3.05) is 33.0 Å². The minimum absolute atomic E-state index is 0.00810. The predicted molar refractivity (Wildman–Crippen MR) is 228 cm³/mol. The Bertz CT molecular complexity index is 2030. The van der Waals surface area contributed by atoms with Gasteiger partial charge >= 0.3 is 0 Å². The number of thioether (sulfide) groups is 2. The highest BCUT2D eigenvalue weighted by atomic mass is 32.2. The lowest BCUT2D eigenvalue weighted by Crippen LogP contribution is -2.26. The Hall–Kier alpha value is -3.38. The van der Waals surface area contributed by atoms with E-state index in [1.54, 1.807) is 23.5 Å². The Morgan fingerprint density at radius 3 is 1.98 bits per heavy atom. The molecule has 7 atom stereocenters. The van der Waals surface area contributed by atoms with Gasteiger partial charge in [0.1, 0.15) is 24.7 Å². The largest absolute Gasteiger partial charge is 0.508 e. The molecule has 0 amide bonds. The average Bonchev–Trinajstić information content (AvgIpc) is 4.00. The van der Waals surface area contributed by atoms with Crippen LogP contribution in [-0.2, 0) is 12.8 Å². The molecule has 0 bridgehead atoms. The second-order valence-electron chi connectivity index (χ2n) is 16.6. The van der Waals surface area contributed by atoms with E-state index in [9.17, 15) is 25.5 Å². The Labute approximate surface area is 345 Å². The second-order valence-corrected chi connectivity index (χ2v) is 19.6. The zero-order chi connectivity index (χ0) is 39.6. The number of rotatable bonds is 9. The first-order valence-electron chi connectivity index (χ1n) is 20.6. The van der Waals surface area contributed by atoms with Crippen LogP contribution in [0.1, 0.15) is 118 Å². The Morgan fingerprint density at radius 1 is 0.632 bits per heavy atom. The number of aromatic hydroxyl groups is 1. The summed E-state index contributed by atoms with van der Waals surface area (Å²) in [5, 5.41) is 50.5. The third-order valence-corrected chi connectivity index (χ3v) is 15.1. The van der Waals surface area contributed by atoms with Crippen LogP contribution in [0.4, 0.5) is 0 Å². The quantitative estimate of drug-likeness (QED) is 0.113. The summed E-state index contributed by atoms with van der Waals surface area (Å²) < 4.78 is 17.2. The fourth-order valence-corrected chi connectivity index (χ4v) is 11.8. The Kier molecular flexibility index (Phi) is 12.7. The lowest BCUT2D eigenvalue weighted by molar-refractivity contribution is 0.136. The summed E-state index contributed by atoms with van der Waals surface area (Å²) in [7, 11) is 0. The van der Waals surface area contributed by atoms with Crippen LogP contribution in [-0.4, -0.2) is 81.3 Å². The molecule has 304 valence electrons. The molecule has 4 aromatic rings. The summed E-state index contributed by atoms with van der Waals surface area (Å²) in [5.74, 6) is 4.06. The summed E-state index contributed by atoms with van der Waals surface area (Å²) in [5.41, 5.74) is 10.9. The van der Waals surface area contributed by atoms with Crippen LogP contribution in [0.25, 0.3) is 0 Å². The van der Waals surface area contributed by atoms with E-state index in [2.05, 4.69) is 61.5 Å². The summed E-state index contributed by atoms with van der Waals surface area (Å²) in [6.07, 6.45) is 6.06. The van der Waals surface area contributed by atoms with E-state index in [0.29, 0.717) is 44.3 Å². The summed E-state index contributed by atoms with van der Waals surface area (Å²) >= 11 is 3.46. The molecule has 5 aliphatic rings. The molecule has 10 heteroatoms. The third-order valence-electron chi connectivity index (χ3n) is 12.0. The van der Waals surface area contributed by atoms with E-state index in [4.69, 9.17) is 14.2 Å². The Balaban J connectivity index is 0.000000160. The van der Waals surface area contributed by atoms with E-state index < -0.39 is 6.10 Å². The van der Waals surface area contributed by atoms with Crippen molar-refractivity contribution in [2.24, 2.45) is 0 Å². The number of phenols is 1. The van der Waals surface area contributed by atoms with Gasteiger partial charge in [-0.05, 0) is 127 Å². The molecule has 57 heavy (non-hydrogen) atoms. The highest BCUT2D eigenvalue weighted by molar-refractivity contribution is 8.00. The van der Waals surface area contributed by atoms with Gasteiger partial charge in [-0.2, -0.15) is 0 Å². The molecular formula is C47H56O8S2. The van der Waals surface area contributed by atoms with Gasteiger partial charge in [-0.15, -0.1) is 23.5 Å². The number of phenolic OH excluding ortho intramolecular Hbond substituents is 1. The first-order chi connectivity index (χ1) is 27.6. The van der Waals surface area contributed by atoms with Crippen molar-refractivity contribution in [3.63, 3.8) is 0 Å². The molecule has 4 aliphatic heterocycles. The highest BCUT2D eigenvalue weighted by Crippen LogP contribution is 2.48. The molecule has 1 aliphatic carbocycles. The van der Waals surface area contributed by atoms with Crippen molar-refractivity contribution in [3.8, 4) is 23.0 Å². The van der Waals surface area contributed by atoms with E-state index in [1.165, 1.54) is 51.8 Å². The maximum atomic E-state index is 10.6. The van der Waals surface area contributed by atoms with Gasteiger partial charge < -0.3 is 39.7 Å². The molecule has 4 heterocycles. The van der Waals surface area contributed by atoms with Crippen molar-refractivity contribution < 1.29 is 39.7 Å². The SMILES string of the molecule is Cc1cc(O)c(C2CC(O)CC(CO)S2)cc1Cc1ccc2c(c1)OCC2C.OCC1CC(O)CC(c2ccc(C3CC3)c(Cc3ccc4c(c3)OCCO4)c2)S1. The van der Waals surface area contributed by atoms with Gasteiger partial charge in [0, 0.05) is 38.0 Å². The van der Waals surface area contributed by atoms with Crippen LogP contribution in [0.2, 0.25) is 0 Å². The standard InChI is InChI=1S/C24H28O4S.C23H28O4S/c25-14-20-12-19(26)13-24(29-20)17-4-5-21(16-2-3-16)18(11-17)9-15-1-6-22-23(10-15)28-8-7-27-22;1-13-5-21(26)20(23-10-17(25)9-18(11-24)28-23)8-16(13)6-15-3-4-19-14(2)12-27-22(19)7-15/h1,4-6,10-11,16,19-20,24-26H,2-3,7-9,12-14H2;3-5,7-8,14,17-18,23-26H,6,9-12H2,1-2H3. The van der Waals surface area contributed by atoms with E-state index >= 15 is 0 Å². The normalized spacial score (nSPS) is 26.5. The van der Waals surface area contributed by atoms with Crippen molar-refractivity contribution in [3.05, 3.63) is 117 Å². The fraction of sp³-hybridized carbons (Fsp3) is 0.489. The van der Waals surface area contributed by atoms with E-state index in [1.807, 2.05) is 19.1 Å². The first-order valence-corrected chi connectivity index (χ1v) is 22.5. The van der Waals surface area contributed by atoms with Gasteiger partial charge in [0.15, 0.2) is 11.5 Å². The van der Waals surface area contributed by atoms with Crippen LogP contribution in [0.15, 0.2) is 66.7 Å². The van der Waals surface area contributed by atoms with E-state index in [-0.39, 0.29) is 46.1 Å². The van der Waals surface area contributed by atoms with Crippen molar-refractivity contribution in [1.29, 1.82) is 0 Å². The van der Waals surface area contributed by atoms with Crippen LogP contribution < -0.4 is 14.2 Å². The monoisotopic (exact) mass is 812 g/mol. The molecule has 8 nitrogen and oxygen atoms in total. The highest BCUT2D eigenvalue weighted by Gasteiger charge is 2.33. The molecule has 9 rings (SSSR count). The molecule has 7 unspecified atom stereocenters. The smallest absolute Gasteiger partial charge is 0.161 e. The van der Waals surface area contributed by atoms with Crippen LogP contribution in [0, 0.1) is 6.92 Å². The minimum atomic E-state index is -0.441. The molecule has 1 saturated carbocycles. The molecule has 0 spiro atoms. The van der Waals surface area contributed by atoms with Gasteiger partial charge in [0.2, 0.25) is 0 Å². The number of aliphatic hydroxyl groups excluding tert-OH is 4. The zero-order valence-corrected chi connectivity index (χ0v) is 34.6. The van der Waals surface area contributed by atoms with Crippen LogP contribution in [0.5, 0.6) is 23.0 Å². The lowest BCUT2D eigenvalue weighted by atomic mass is 9.92. The average molecular weight is 813 g/mol. The van der Waals surface area contributed by atoms with Crippen LogP contribution >= 0.6 is 23.5 Å². The number of benzene rings is 4. The van der Waals surface area contributed by atoms with Crippen molar-refractivity contribution >= 4 is 23.5 Å². The van der Waals surface area contributed by atoms with Gasteiger partial charge in [-0.25, -0.2) is 0 Å². The summed E-state index contributed by atoms with van der Waals surface area (Å²) in [4.78, 5) is 0. The second kappa shape index (κ2) is 17.9. The summed E-state index contributed by atoms with van der Waals surface area (Å²) in [6.45, 7) is 6.33.